The highest BCUT2D eigenvalue weighted by Gasteiger charge is 2.30. The minimum absolute atomic E-state index is 0.140. The molecule has 1 aromatic carbocycles. The normalized spacial score (nSPS) is 24.5. The molecule has 0 bridgehead atoms. The summed E-state index contributed by atoms with van der Waals surface area (Å²) in [7, 11) is 0. The number of hydrogen-bond acceptors (Lipinski definition) is 4. The molecule has 0 saturated carbocycles. The lowest BCUT2D eigenvalue weighted by Gasteiger charge is -2.39. The summed E-state index contributed by atoms with van der Waals surface area (Å²) in [6.07, 6.45) is 6.66. The lowest BCUT2D eigenvalue weighted by atomic mass is 9.97. The molecule has 0 radical (unpaired) electrons. The summed E-state index contributed by atoms with van der Waals surface area (Å²) in [6, 6.07) is 8.77. The molecular formula is C24H34N4O2S. The van der Waals surface area contributed by atoms with E-state index < -0.39 is 0 Å². The Hall–Kier alpha value is -2.02. The van der Waals surface area contributed by atoms with Gasteiger partial charge >= 0.3 is 0 Å². The molecule has 2 amide bonds. The number of carbonyl (C=O) groups is 2. The third-order valence-electron chi connectivity index (χ3n) is 6.84. The minimum atomic E-state index is 0.140. The lowest BCUT2D eigenvalue weighted by Crippen LogP contribution is -2.48. The van der Waals surface area contributed by atoms with Crippen LogP contribution in [0.1, 0.15) is 59.3 Å². The number of aromatic nitrogens is 2. The zero-order valence-electron chi connectivity index (χ0n) is 18.9. The molecule has 6 nitrogen and oxygen atoms in total. The van der Waals surface area contributed by atoms with Gasteiger partial charge in [-0.2, -0.15) is 0 Å². The number of piperidine rings is 2. The molecule has 0 aliphatic carbocycles. The quantitative estimate of drug-likeness (QED) is 0.647. The second-order valence-electron chi connectivity index (χ2n) is 9.12. The predicted octanol–water partition coefficient (Wildman–Crippen LogP) is 4.32. The Balaban J connectivity index is 1.53. The van der Waals surface area contributed by atoms with Crippen LogP contribution in [0.15, 0.2) is 29.4 Å². The second kappa shape index (κ2) is 9.63. The summed E-state index contributed by atoms with van der Waals surface area (Å²) in [5.74, 6) is 0.666. The van der Waals surface area contributed by atoms with Gasteiger partial charge in [-0.15, -0.1) is 0 Å². The van der Waals surface area contributed by atoms with Crippen LogP contribution in [-0.4, -0.2) is 61.6 Å². The van der Waals surface area contributed by atoms with Crippen molar-refractivity contribution in [2.24, 2.45) is 0 Å². The van der Waals surface area contributed by atoms with Crippen molar-refractivity contribution < 1.29 is 9.59 Å². The molecule has 3 atom stereocenters. The van der Waals surface area contributed by atoms with Crippen molar-refractivity contribution in [1.82, 2.24) is 19.4 Å². The van der Waals surface area contributed by atoms with Crippen molar-refractivity contribution in [3.05, 3.63) is 24.3 Å². The van der Waals surface area contributed by atoms with Crippen LogP contribution in [0, 0.1) is 0 Å². The first-order valence-corrected chi connectivity index (χ1v) is 12.6. The SMILES string of the molecule is C[C@@H]1CCCCN1C(=O)CSc1nc2ccccc2n1CC(=O)N1[C@@H](C)CCC[C@@H]1C. The van der Waals surface area contributed by atoms with E-state index in [0.29, 0.717) is 11.8 Å². The van der Waals surface area contributed by atoms with Gasteiger partial charge in [0.2, 0.25) is 11.8 Å². The molecule has 2 aromatic rings. The molecule has 2 saturated heterocycles. The second-order valence-corrected chi connectivity index (χ2v) is 10.1. The van der Waals surface area contributed by atoms with Crippen LogP contribution >= 0.6 is 11.8 Å². The molecule has 2 aliphatic rings. The highest BCUT2D eigenvalue weighted by Crippen LogP contribution is 2.28. The van der Waals surface area contributed by atoms with Gasteiger partial charge in [0, 0.05) is 24.7 Å². The van der Waals surface area contributed by atoms with Gasteiger partial charge in [-0.25, -0.2) is 4.98 Å². The van der Waals surface area contributed by atoms with E-state index in [9.17, 15) is 9.59 Å². The monoisotopic (exact) mass is 442 g/mol. The summed E-state index contributed by atoms with van der Waals surface area (Å²) >= 11 is 1.46. The van der Waals surface area contributed by atoms with Gasteiger partial charge in [0.25, 0.3) is 0 Å². The van der Waals surface area contributed by atoms with Crippen molar-refractivity contribution in [2.45, 2.75) is 89.1 Å². The number of rotatable bonds is 5. The smallest absolute Gasteiger partial charge is 0.243 e. The van der Waals surface area contributed by atoms with E-state index in [0.717, 1.165) is 48.4 Å². The lowest BCUT2D eigenvalue weighted by molar-refractivity contribution is -0.138. The van der Waals surface area contributed by atoms with Gasteiger partial charge in [-0.05, 0) is 71.4 Å². The predicted molar refractivity (Wildman–Crippen MR) is 125 cm³/mol. The third-order valence-corrected chi connectivity index (χ3v) is 7.80. The molecule has 3 heterocycles. The van der Waals surface area contributed by atoms with Crippen LogP contribution in [0.2, 0.25) is 0 Å². The minimum Gasteiger partial charge on any atom is -0.339 e. The number of imidazole rings is 1. The number of hydrogen-bond donors (Lipinski definition) is 0. The molecule has 2 aliphatic heterocycles. The van der Waals surface area contributed by atoms with Gasteiger partial charge in [-0.3, -0.25) is 9.59 Å². The first-order valence-electron chi connectivity index (χ1n) is 11.6. The largest absolute Gasteiger partial charge is 0.339 e. The van der Waals surface area contributed by atoms with Crippen LogP contribution in [0.4, 0.5) is 0 Å². The Morgan fingerprint density at radius 2 is 1.68 bits per heavy atom. The number of fused-ring (bicyclic) bond motifs is 1. The van der Waals surface area contributed by atoms with Crippen molar-refractivity contribution in [3.8, 4) is 0 Å². The first-order chi connectivity index (χ1) is 15.0. The highest BCUT2D eigenvalue weighted by molar-refractivity contribution is 7.99. The fourth-order valence-electron chi connectivity index (χ4n) is 5.12. The Bertz CT molecular complexity index is 933. The average Bonchev–Trinajstić information content (AvgIpc) is 3.09. The first kappa shape index (κ1) is 22.2. The molecule has 0 spiro atoms. The number of amides is 2. The van der Waals surface area contributed by atoms with Gasteiger partial charge < -0.3 is 14.4 Å². The summed E-state index contributed by atoms with van der Waals surface area (Å²) < 4.78 is 2.00. The number of carbonyl (C=O) groups excluding carboxylic acids is 2. The molecule has 2 fully saturated rings. The van der Waals surface area contributed by atoms with E-state index in [4.69, 9.17) is 4.98 Å². The molecular weight excluding hydrogens is 408 g/mol. The standard InChI is InChI=1S/C24H34N4O2S/c1-17-9-6-7-14-26(17)23(30)16-31-24-25-20-12-4-5-13-21(20)27(24)15-22(29)28-18(2)10-8-11-19(28)3/h4-5,12-13,17-19H,6-11,14-16H2,1-3H3/t17-,18+,19+/m1/s1. The molecule has 7 heteroatoms. The van der Waals surface area contributed by atoms with Crippen LogP contribution in [0.25, 0.3) is 11.0 Å². The molecule has 31 heavy (non-hydrogen) atoms. The maximum atomic E-state index is 13.3. The van der Waals surface area contributed by atoms with E-state index in [-0.39, 0.29) is 30.4 Å². The maximum absolute atomic E-state index is 13.3. The molecule has 0 unspecified atom stereocenters. The summed E-state index contributed by atoms with van der Waals surface area (Å²) in [6.45, 7) is 7.55. The number of thioether (sulfide) groups is 1. The van der Waals surface area contributed by atoms with Gasteiger partial charge in [0.15, 0.2) is 5.16 Å². The van der Waals surface area contributed by atoms with E-state index in [2.05, 4.69) is 20.8 Å². The van der Waals surface area contributed by atoms with Crippen molar-refractivity contribution in [3.63, 3.8) is 0 Å². The third kappa shape index (κ3) is 4.76. The van der Waals surface area contributed by atoms with Gasteiger partial charge in [-0.1, -0.05) is 23.9 Å². The number of benzene rings is 1. The van der Waals surface area contributed by atoms with E-state index >= 15 is 0 Å². The van der Waals surface area contributed by atoms with Crippen LogP contribution in [-0.2, 0) is 16.1 Å². The Morgan fingerprint density at radius 1 is 0.968 bits per heavy atom. The van der Waals surface area contributed by atoms with Crippen LogP contribution in [0.5, 0.6) is 0 Å². The van der Waals surface area contributed by atoms with Crippen molar-refractivity contribution in [2.75, 3.05) is 12.3 Å². The zero-order chi connectivity index (χ0) is 22.0. The van der Waals surface area contributed by atoms with Crippen molar-refractivity contribution in [1.29, 1.82) is 0 Å². The molecule has 0 N–H and O–H groups in total. The van der Waals surface area contributed by atoms with Crippen LogP contribution < -0.4 is 0 Å². The Kier molecular flexibility index (Phi) is 6.89. The topological polar surface area (TPSA) is 58.4 Å². The highest BCUT2D eigenvalue weighted by atomic mass is 32.2. The van der Waals surface area contributed by atoms with E-state index in [1.807, 2.05) is 38.6 Å². The Morgan fingerprint density at radius 3 is 2.42 bits per heavy atom. The molecule has 168 valence electrons. The van der Waals surface area contributed by atoms with Gasteiger partial charge in [0.05, 0.1) is 16.8 Å². The van der Waals surface area contributed by atoms with E-state index in [1.54, 1.807) is 0 Å². The van der Waals surface area contributed by atoms with Crippen molar-refractivity contribution >= 4 is 34.6 Å². The maximum Gasteiger partial charge on any atom is 0.243 e. The van der Waals surface area contributed by atoms with Crippen LogP contribution in [0.3, 0.4) is 0 Å². The number of nitrogens with zero attached hydrogens (tertiary/aromatic N) is 4. The zero-order valence-corrected chi connectivity index (χ0v) is 19.7. The summed E-state index contributed by atoms with van der Waals surface area (Å²) in [5.41, 5.74) is 1.82. The number of para-hydroxylation sites is 2. The average molecular weight is 443 g/mol. The molecule has 1 aromatic heterocycles. The van der Waals surface area contributed by atoms with E-state index in [1.165, 1.54) is 24.6 Å². The fraction of sp³-hybridized carbons (Fsp3) is 0.625. The summed E-state index contributed by atoms with van der Waals surface area (Å²) in [5, 5.41) is 0.755. The summed E-state index contributed by atoms with van der Waals surface area (Å²) in [4.78, 5) is 35.0. The van der Waals surface area contributed by atoms with Gasteiger partial charge in [0.1, 0.15) is 6.54 Å². The number of likely N-dealkylation sites (tertiary alicyclic amines) is 2. The molecule has 4 rings (SSSR count). The Labute approximate surface area is 189 Å². The fourth-order valence-corrected chi connectivity index (χ4v) is 6.02.